The molecule has 1 N–H and O–H groups in total. The van der Waals surface area contributed by atoms with Gasteiger partial charge >= 0.3 is 5.97 Å². The predicted molar refractivity (Wildman–Crippen MR) is 76.0 cm³/mol. The number of nitrogens with one attached hydrogen (secondary N) is 1. The number of nitrogens with zero attached hydrogens (tertiary/aromatic N) is 1. The first-order valence-electron chi connectivity index (χ1n) is 7.63. The fraction of sp³-hybridized carbons (Fsp3) is 0.933. The van der Waals surface area contributed by atoms with Gasteiger partial charge in [-0.15, -0.1) is 0 Å². The van der Waals surface area contributed by atoms with Crippen LogP contribution < -0.4 is 5.32 Å². The van der Waals surface area contributed by atoms with Gasteiger partial charge in [-0.2, -0.15) is 0 Å². The topological polar surface area (TPSA) is 41.6 Å². The molecule has 2 saturated heterocycles. The molecule has 2 aliphatic heterocycles. The average molecular weight is 268 g/mol. The summed E-state index contributed by atoms with van der Waals surface area (Å²) in [4.78, 5) is 14.3. The molecule has 4 heteroatoms. The Morgan fingerprint density at radius 3 is 2.95 bits per heavy atom. The zero-order valence-corrected chi connectivity index (χ0v) is 12.6. The molecule has 0 spiro atoms. The predicted octanol–water partition coefficient (Wildman–Crippen LogP) is 1.65. The Hall–Kier alpha value is -0.610. The van der Waals surface area contributed by atoms with Crippen LogP contribution in [0.3, 0.4) is 0 Å². The van der Waals surface area contributed by atoms with Crippen LogP contribution in [0.2, 0.25) is 0 Å². The lowest BCUT2D eigenvalue weighted by molar-refractivity contribution is -0.147. The van der Waals surface area contributed by atoms with Crippen LogP contribution in [-0.2, 0) is 9.53 Å². The molecule has 19 heavy (non-hydrogen) atoms. The van der Waals surface area contributed by atoms with E-state index in [0.717, 1.165) is 18.9 Å². The number of rotatable bonds is 4. The van der Waals surface area contributed by atoms with Crippen molar-refractivity contribution >= 4 is 5.97 Å². The molecule has 0 aromatic rings. The maximum atomic E-state index is 11.8. The number of carbonyl (C=O) groups excluding carboxylic acids is 1. The summed E-state index contributed by atoms with van der Waals surface area (Å²) < 4.78 is 4.90. The van der Waals surface area contributed by atoms with Gasteiger partial charge < -0.3 is 15.0 Å². The standard InChI is InChI=1S/C15H28N2O2/c1-4-17-7-5-6-12(11-17)8-13-9-15(2,16-10-13)14(18)19-3/h12-13,16H,4-11H2,1-3H3. The van der Waals surface area contributed by atoms with Crippen molar-refractivity contribution in [1.29, 1.82) is 0 Å². The monoisotopic (exact) mass is 268 g/mol. The molecule has 110 valence electrons. The van der Waals surface area contributed by atoms with Gasteiger partial charge in [0.05, 0.1) is 7.11 Å². The summed E-state index contributed by atoms with van der Waals surface area (Å²) in [6, 6.07) is 0. The van der Waals surface area contributed by atoms with E-state index in [1.54, 1.807) is 0 Å². The third-order valence-corrected chi connectivity index (χ3v) is 4.83. The third kappa shape index (κ3) is 3.48. The van der Waals surface area contributed by atoms with Crippen LogP contribution in [0.25, 0.3) is 0 Å². The summed E-state index contributed by atoms with van der Waals surface area (Å²) in [5, 5.41) is 3.36. The first-order chi connectivity index (χ1) is 9.07. The lowest BCUT2D eigenvalue weighted by Crippen LogP contribution is -2.45. The minimum atomic E-state index is -0.460. The normalized spacial score (nSPS) is 36.4. The smallest absolute Gasteiger partial charge is 0.325 e. The summed E-state index contributed by atoms with van der Waals surface area (Å²) in [5.74, 6) is 1.31. The number of hydrogen-bond acceptors (Lipinski definition) is 4. The molecule has 0 aromatic heterocycles. The Labute approximate surface area is 116 Å². The van der Waals surface area contributed by atoms with Crippen molar-refractivity contribution in [2.24, 2.45) is 11.8 Å². The Bertz CT molecular complexity index is 321. The summed E-state index contributed by atoms with van der Waals surface area (Å²) >= 11 is 0. The van der Waals surface area contributed by atoms with Gasteiger partial charge in [0, 0.05) is 6.54 Å². The maximum absolute atomic E-state index is 11.8. The van der Waals surface area contributed by atoms with E-state index >= 15 is 0 Å². The van der Waals surface area contributed by atoms with Crippen molar-refractivity contribution in [1.82, 2.24) is 10.2 Å². The molecule has 3 unspecified atom stereocenters. The number of hydrogen-bond donors (Lipinski definition) is 1. The molecule has 3 atom stereocenters. The highest BCUT2D eigenvalue weighted by atomic mass is 16.5. The summed E-state index contributed by atoms with van der Waals surface area (Å²) in [7, 11) is 1.48. The zero-order chi connectivity index (χ0) is 13.9. The lowest BCUT2D eigenvalue weighted by atomic mass is 9.85. The van der Waals surface area contributed by atoms with Crippen molar-refractivity contribution in [2.75, 3.05) is 33.3 Å². The highest BCUT2D eigenvalue weighted by molar-refractivity contribution is 5.80. The number of methoxy groups -OCH3 is 1. The van der Waals surface area contributed by atoms with Crippen LogP contribution >= 0.6 is 0 Å². The molecule has 2 heterocycles. The van der Waals surface area contributed by atoms with Gasteiger partial charge in [0.25, 0.3) is 0 Å². The fourth-order valence-electron chi connectivity index (χ4n) is 3.74. The number of likely N-dealkylation sites (tertiary alicyclic amines) is 1. The van der Waals surface area contributed by atoms with E-state index in [1.807, 2.05) is 6.92 Å². The SMILES string of the molecule is CCN1CCCC(CC2CNC(C)(C(=O)OC)C2)C1. The molecule has 2 aliphatic rings. The van der Waals surface area contributed by atoms with Gasteiger partial charge in [-0.3, -0.25) is 4.79 Å². The molecule has 0 amide bonds. The van der Waals surface area contributed by atoms with Crippen LogP contribution in [-0.4, -0.2) is 49.7 Å². The highest BCUT2D eigenvalue weighted by Crippen LogP contribution is 2.32. The third-order valence-electron chi connectivity index (χ3n) is 4.83. The van der Waals surface area contributed by atoms with Gasteiger partial charge in [0.15, 0.2) is 0 Å². The van der Waals surface area contributed by atoms with E-state index in [2.05, 4.69) is 17.1 Å². The van der Waals surface area contributed by atoms with E-state index in [-0.39, 0.29) is 5.97 Å². The van der Waals surface area contributed by atoms with Crippen LogP contribution in [0.5, 0.6) is 0 Å². The molecule has 2 fully saturated rings. The van der Waals surface area contributed by atoms with Crippen molar-refractivity contribution in [2.45, 2.75) is 45.1 Å². The molecule has 0 saturated carbocycles. The molecule has 0 aromatic carbocycles. The van der Waals surface area contributed by atoms with E-state index < -0.39 is 5.54 Å². The van der Waals surface area contributed by atoms with E-state index in [1.165, 1.54) is 46.0 Å². The number of ether oxygens (including phenoxy) is 1. The zero-order valence-electron chi connectivity index (χ0n) is 12.6. The van der Waals surface area contributed by atoms with E-state index in [4.69, 9.17) is 4.74 Å². The fourth-order valence-corrected chi connectivity index (χ4v) is 3.74. The van der Waals surface area contributed by atoms with Crippen molar-refractivity contribution < 1.29 is 9.53 Å². The summed E-state index contributed by atoms with van der Waals surface area (Å²) in [6.07, 6.45) is 4.84. The van der Waals surface area contributed by atoms with Crippen molar-refractivity contribution in [3.63, 3.8) is 0 Å². The molecule has 0 radical (unpaired) electrons. The van der Waals surface area contributed by atoms with Gasteiger partial charge in [-0.05, 0) is 64.1 Å². The van der Waals surface area contributed by atoms with E-state index in [9.17, 15) is 4.79 Å². The minimum absolute atomic E-state index is 0.117. The maximum Gasteiger partial charge on any atom is 0.325 e. The minimum Gasteiger partial charge on any atom is -0.468 e. The second kappa shape index (κ2) is 6.23. The van der Waals surface area contributed by atoms with Crippen molar-refractivity contribution in [3.05, 3.63) is 0 Å². The molecule has 0 aliphatic carbocycles. The number of carbonyl (C=O) groups is 1. The summed E-state index contributed by atoms with van der Waals surface area (Å²) in [6.45, 7) is 8.83. The Kier molecular flexibility index (Phi) is 4.85. The highest BCUT2D eigenvalue weighted by Gasteiger charge is 2.42. The molecular formula is C15H28N2O2. The Morgan fingerprint density at radius 1 is 1.47 bits per heavy atom. The first-order valence-corrected chi connectivity index (χ1v) is 7.63. The first kappa shape index (κ1) is 14.8. The van der Waals surface area contributed by atoms with Crippen LogP contribution in [0.4, 0.5) is 0 Å². The summed E-state index contributed by atoms with van der Waals surface area (Å²) in [5.41, 5.74) is -0.460. The lowest BCUT2D eigenvalue weighted by Gasteiger charge is -2.33. The quantitative estimate of drug-likeness (QED) is 0.787. The van der Waals surface area contributed by atoms with Crippen molar-refractivity contribution in [3.8, 4) is 0 Å². The molecule has 2 rings (SSSR count). The second-order valence-corrected chi connectivity index (χ2v) is 6.41. The molecule has 0 bridgehead atoms. The molecule has 4 nitrogen and oxygen atoms in total. The number of esters is 1. The number of piperidine rings is 1. The molecular weight excluding hydrogens is 240 g/mol. The van der Waals surface area contributed by atoms with Gasteiger partial charge in [0.1, 0.15) is 5.54 Å². The Balaban J connectivity index is 1.83. The van der Waals surface area contributed by atoms with Crippen LogP contribution in [0.15, 0.2) is 0 Å². The van der Waals surface area contributed by atoms with Gasteiger partial charge in [-0.25, -0.2) is 0 Å². The van der Waals surface area contributed by atoms with E-state index in [0.29, 0.717) is 5.92 Å². The largest absolute Gasteiger partial charge is 0.468 e. The van der Waals surface area contributed by atoms with Gasteiger partial charge in [-0.1, -0.05) is 6.92 Å². The Morgan fingerprint density at radius 2 is 2.26 bits per heavy atom. The van der Waals surface area contributed by atoms with Crippen LogP contribution in [0, 0.1) is 11.8 Å². The van der Waals surface area contributed by atoms with Gasteiger partial charge in [0.2, 0.25) is 0 Å². The van der Waals surface area contributed by atoms with Crippen LogP contribution in [0.1, 0.15) is 39.5 Å². The second-order valence-electron chi connectivity index (χ2n) is 6.41. The average Bonchev–Trinajstić information content (AvgIpc) is 2.80.